The van der Waals surface area contributed by atoms with E-state index in [0.29, 0.717) is 6.42 Å². The van der Waals surface area contributed by atoms with Gasteiger partial charge in [0, 0.05) is 25.3 Å². The Kier molecular flexibility index (Phi) is 4.69. The van der Waals surface area contributed by atoms with E-state index < -0.39 is 35.9 Å². The molecule has 1 aromatic heterocycles. The van der Waals surface area contributed by atoms with Crippen molar-refractivity contribution in [1.82, 2.24) is 9.88 Å². The molecule has 6 nitrogen and oxygen atoms in total. The molecule has 1 aliphatic rings. The van der Waals surface area contributed by atoms with Crippen molar-refractivity contribution in [3.05, 3.63) is 29.6 Å². The predicted molar refractivity (Wildman–Crippen MR) is 69.8 cm³/mol. The molecular weight excluding hydrogens is 303 g/mol. The van der Waals surface area contributed by atoms with Crippen LogP contribution in [0.2, 0.25) is 0 Å². The lowest BCUT2D eigenvalue weighted by Gasteiger charge is -2.33. The van der Waals surface area contributed by atoms with E-state index in [9.17, 15) is 28.2 Å². The van der Waals surface area contributed by atoms with E-state index in [1.165, 1.54) is 4.90 Å². The van der Waals surface area contributed by atoms with Crippen molar-refractivity contribution < 1.29 is 28.2 Å². The molecule has 0 aromatic carbocycles. The Morgan fingerprint density at radius 1 is 1.45 bits per heavy atom. The molecule has 3 unspecified atom stereocenters. The number of aliphatic hydroxyl groups is 2. The number of alkyl halides is 3. The molecular formula is C13H16F3N3O3. The minimum atomic E-state index is -4.83. The number of piperidine rings is 1. The van der Waals surface area contributed by atoms with Crippen molar-refractivity contribution in [3.8, 4) is 0 Å². The number of hydrogen-bond acceptors (Lipinski definition) is 5. The molecule has 0 aliphatic carbocycles. The number of rotatable bonds is 2. The summed E-state index contributed by atoms with van der Waals surface area (Å²) in [5, 5.41) is 18.8. The summed E-state index contributed by atoms with van der Waals surface area (Å²) in [6.45, 7) is 0.226. The van der Waals surface area contributed by atoms with E-state index in [4.69, 9.17) is 5.73 Å². The Balaban J connectivity index is 2.20. The number of pyridine rings is 1. The van der Waals surface area contributed by atoms with Gasteiger partial charge in [0.25, 0.3) is 5.91 Å². The van der Waals surface area contributed by atoms with Crippen LogP contribution in [0.1, 0.15) is 28.6 Å². The number of nitrogens with zero attached hydrogens (tertiary/aromatic N) is 2. The first-order valence-electron chi connectivity index (χ1n) is 6.62. The van der Waals surface area contributed by atoms with Crippen LogP contribution in [0.4, 0.5) is 13.2 Å². The Morgan fingerprint density at radius 3 is 2.73 bits per heavy atom. The van der Waals surface area contributed by atoms with Gasteiger partial charge in [-0.15, -0.1) is 0 Å². The van der Waals surface area contributed by atoms with Gasteiger partial charge >= 0.3 is 6.18 Å². The highest BCUT2D eigenvalue weighted by Gasteiger charge is 2.39. The van der Waals surface area contributed by atoms with Crippen molar-refractivity contribution in [3.63, 3.8) is 0 Å². The van der Waals surface area contributed by atoms with Gasteiger partial charge in [0.2, 0.25) is 0 Å². The van der Waals surface area contributed by atoms with E-state index in [1.54, 1.807) is 0 Å². The summed E-state index contributed by atoms with van der Waals surface area (Å²) < 4.78 is 37.5. The lowest BCUT2D eigenvalue weighted by Crippen LogP contribution is -2.51. The maximum Gasteiger partial charge on any atom is 0.418 e. The second kappa shape index (κ2) is 6.19. The lowest BCUT2D eigenvalue weighted by atomic mass is 10.0. The molecule has 4 N–H and O–H groups in total. The maximum absolute atomic E-state index is 12.5. The topological polar surface area (TPSA) is 99.7 Å². The number of carbonyl (C=O) groups excluding carboxylic acids is 1. The third-order valence-corrected chi connectivity index (χ3v) is 3.38. The summed E-state index contributed by atoms with van der Waals surface area (Å²) in [6, 6.07) is 1.48. The average Bonchev–Trinajstić information content (AvgIpc) is 2.43. The third kappa shape index (κ3) is 3.73. The van der Waals surface area contributed by atoms with Crippen LogP contribution in [-0.4, -0.2) is 57.4 Å². The predicted octanol–water partition coefficient (Wildman–Crippen LogP) is 0.211. The molecule has 0 spiro atoms. The first-order valence-corrected chi connectivity index (χ1v) is 6.62. The third-order valence-electron chi connectivity index (χ3n) is 3.38. The van der Waals surface area contributed by atoms with E-state index in [-0.39, 0.29) is 18.8 Å². The van der Waals surface area contributed by atoms with Gasteiger partial charge in [-0.1, -0.05) is 0 Å². The number of hydrogen-bond donors (Lipinski definition) is 3. The quantitative estimate of drug-likeness (QED) is 0.724. The van der Waals surface area contributed by atoms with Crippen molar-refractivity contribution in [2.24, 2.45) is 5.73 Å². The first-order chi connectivity index (χ1) is 10.2. The molecule has 2 heterocycles. The van der Waals surface area contributed by atoms with Crippen LogP contribution >= 0.6 is 0 Å². The number of amides is 1. The Morgan fingerprint density at radius 2 is 2.14 bits per heavy atom. The number of likely N-dealkylation sites (tertiary alicyclic amines) is 1. The van der Waals surface area contributed by atoms with Crippen molar-refractivity contribution in [2.45, 2.75) is 30.8 Å². The number of nitrogens with two attached hydrogens (primary N) is 1. The smallest absolute Gasteiger partial charge is 0.391 e. The van der Waals surface area contributed by atoms with Gasteiger partial charge < -0.3 is 20.8 Å². The molecule has 0 saturated carbocycles. The lowest BCUT2D eigenvalue weighted by molar-refractivity contribution is -0.206. The van der Waals surface area contributed by atoms with E-state index in [2.05, 4.69) is 4.98 Å². The van der Waals surface area contributed by atoms with Crippen LogP contribution in [0.25, 0.3) is 0 Å². The SMILES string of the molecule is NC1CC(O)CN(C(=O)c2cc(C(O)C(F)(F)F)ccn2)C1. The van der Waals surface area contributed by atoms with Gasteiger partial charge in [-0.05, 0) is 24.1 Å². The number of carbonyl (C=O) groups is 1. The number of aromatic nitrogens is 1. The van der Waals surface area contributed by atoms with E-state index in [0.717, 1.165) is 18.3 Å². The fourth-order valence-electron chi connectivity index (χ4n) is 2.36. The van der Waals surface area contributed by atoms with Gasteiger partial charge in [0.1, 0.15) is 5.69 Å². The molecule has 1 saturated heterocycles. The zero-order valence-corrected chi connectivity index (χ0v) is 11.5. The second-order valence-corrected chi connectivity index (χ2v) is 5.28. The molecule has 9 heteroatoms. The van der Waals surface area contributed by atoms with Gasteiger partial charge in [0.05, 0.1) is 6.10 Å². The highest BCUT2D eigenvalue weighted by molar-refractivity contribution is 5.92. The largest absolute Gasteiger partial charge is 0.418 e. The molecule has 2 rings (SSSR count). The Hall–Kier alpha value is -1.71. The van der Waals surface area contributed by atoms with Crippen LogP contribution in [0.3, 0.4) is 0 Å². The molecule has 0 radical (unpaired) electrons. The Labute approximate surface area is 124 Å². The summed E-state index contributed by atoms with van der Waals surface area (Å²) in [5.41, 5.74) is 5.00. The fraction of sp³-hybridized carbons (Fsp3) is 0.538. The van der Waals surface area contributed by atoms with Crippen LogP contribution in [0, 0.1) is 0 Å². The van der Waals surface area contributed by atoms with Crippen molar-refractivity contribution in [2.75, 3.05) is 13.1 Å². The Bertz CT molecular complexity index is 543. The minimum Gasteiger partial charge on any atom is -0.391 e. The summed E-state index contributed by atoms with van der Waals surface area (Å²) in [4.78, 5) is 17.2. The van der Waals surface area contributed by atoms with E-state index in [1.807, 2.05) is 0 Å². The molecule has 0 bridgehead atoms. The zero-order valence-electron chi connectivity index (χ0n) is 11.5. The van der Waals surface area contributed by atoms with Gasteiger partial charge in [-0.25, -0.2) is 0 Å². The molecule has 3 atom stereocenters. The summed E-state index contributed by atoms with van der Waals surface area (Å²) in [6.07, 6.45) is -6.92. The van der Waals surface area contributed by atoms with Gasteiger partial charge in [0.15, 0.2) is 6.10 Å². The van der Waals surface area contributed by atoms with Crippen molar-refractivity contribution in [1.29, 1.82) is 0 Å². The maximum atomic E-state index is 12.5. The molecule has 122 valence electrons. The van der Waals surface area contributed by atoms with Crippen LogP contribution in [0.5, 0.6) is 0 Å². The second-order valence-electron chi connectivity index (χ2n) is 5.28. The number of β-amino-alcohol motifs (C(OH)–C–C–N with tert-alkyl or cyclic N) is 1. The van der Waals surface area contributed by atoms with Crippen LogP contribution in [-0.2, 0) is 0 Å². The normalized spacial score (nSPS) is 24.2. The van der Waals surface area contributed by atoms with Crippen LogP contribution < -0.4 is 5.73 Å². The first kappa shape index (κ1) is 16.7. The summed E-state index contributed by atoms with van der Waals surface area (Å²) in [5.74, 6) is -0.634. The summed E-state index contributed by atoms with van der Waals surface area (Å²) >= 11 is 0. The molecule has 1 aliphatic heterocycles. The number of halogens is 3. The zero-order chi connectivity index (χ0) is 16.5. The highest BCUT2D eigenvalue weighted by atomic mass is 19.4. The van der Waals surface area contributed by atoms with Crippen LogP contribution in [0.15, 0.2) is 18.3 Å². The van der Waals surface area contributed by atoms with Crippen molar-refractivity contribution >= 4 is 5.91 Å². The average molecular weight is 319 g/mol. The minimum absolute atomic E-state index is 0.0419. The molecule has 22 heavy (non-hydrogen) atoms. The highest BCUT2D eigenvalue weighted by Crippen LogP contribution is 2.32. The standard InChI is InChI=1S/C13H16F3N3O3/c14-13(15,16)11(21)7-1-2-18-10(3-7)12(22)19-5-8(17)4-9(20)6-19/h1-3,8-9,11,20-21H,4-6,17H2. The van der Waals surface area contributed by atoms with E-state index >= 15 is 0 Å². The molecule has 1 amide bonds. The summed E-state index contributed by atoms with van der Waals surface area (Å²) in [7, 11) is 0. The number of aliphatic hydroxyl groups excluding tert-OH is 2. The fourth-order valence-corrected chi connectivity index (χ4v) is 2.36. The molecule has 1 fully saturated rings. The molecule has 1 aromatic rings. The monoisotopic (exact) mass is 319 g/mol. The van der Waals surface area contributed by atoms with Gasteiger partial charge in [-0.2, -0.15) is 13.2 Å². The van der Waals surface area contributed by atoms with Gasteiger partial charge in [-0.3, -0.25) is 9.78 Å².